The van der Waals surface area contributed by atoms with Gasteiger partial charge in [0.15, 0.2) is 0 Å². The van der Waals surface area contributed by atoms with Crippen LogP contribution in [0.15, 0.2) is 133 Å². The summed E-state index contributed by atoms with van der Waals surface area (Å²) in [5.41, 5.74) is 11.1. The minimum atomic E-state index is -0.806. The topological polar surface area (TPSA) is 0 Å². The quantitative estimate of drug-likeness (QED) is 0.160. The lowest BCUT2D eigenvalue weighted by molar-refractivity contribution is 1.30. The average molecular weight is 607 g/mol. The summed E-state index contributed by atoms with van der Waals surface area (Å²) >= 11 is 0. The molecule has 0 fully saturated rings. The molecule has 0 saturated heterocycles. The number of aryl methyl sites for hydroxylation is 4. The van der Waals surface area contributed by atoms with Gasteiger partial charge in [0.25, 0.3) is 0 Å². The highest BCUT2D eigenvalue weighted by molar-refractivity contribution is 7.81. The van der Waals surface area contributed by atoms with Gasteiger partial charge in [-0.25, -0.2) is 0 Å². The number of rotatable bonds is 7. The third kappa shape index (κ3) is 5.71. The van der Waals surface area contributed by atoms with Crippen molar-refractivity contribution in [3.8, 4) is 11.1 Å². The van der Waals surface area contributed by atoms with Crippen LogP contribution in [0.4, 0.5) is 0 Å². The predicted octanol–water partition coefficient (Wildman–Crippen LogP) is 8.72. The van der Waals surface area contributed by atoms with Gasteiger partial charge in [0, 0.05) is 0 Å². The molecule has 6 aromatic carbocycles. The normalized spacial score (nSPS) is 11.4. The Bertz CT molecular complexity index is 1670. The first-order valence-corrected chi connectivity index (χ1v) is 18.1. The summed E-state index contributed by atoms with van der Waals surface area (Å²) in [4.78, 5) is 0. The van der Waals surface area contributed by atoms with Crippen LogP contribution in [-0.4, -0.2) is 0 Å². The molecule has 0 spiro atoms. The van der Waals surface area contributed by atoms with Crippen molar-refractivity contribution in [2.45, 2.75) is 41.5 Å². The molecule has 0 aliphatic carbocycles. The number of hydrogen-bond acceptors (Lipinski definition) is 0. The minimum absolute atomic E-state index is 0.806. The van der Waals surface area contributed by atoms with Crippen molar-refractivity contribution in [2.75, 3.05) is 0 Å². The van der Waals surface area contributed by atoms with Crippen LogP contribution in [0.5, 0.6) is 0 Å². The van der Waals surface area contributed by atoms with Crippen LogP contribution in [-0.2, 0) is 0 Å². The molecule has 0 nitrogen and oxygen atoms in total. The van der Waals surface area contributed by atoms with Gasteiger partial charge >= 0.3 is 0 Å². The molecule has 0 aromatic heterocycles. The number of hydrogen-bond donors (Lipinski definition) is 0. The molecular formula is C42H40P2. The Kier molecular flexibility index (Phi) is 8.96. The molecule has 218 valence electrons. The van der Waals surface area contributed by atoms with Gasteiger partial charge in [0.2, 0.25) is 0 Å². The molecule has 0 aliphatic rings. The van der Waals surface area contributed by atoms with Crippen molar-refractivity contribution < 1.29 is 0 Å². The summed E-state index contributed by atoms with van der Waals surface area (Å²) in [5, 5.41) is 8.52. The predicted molar refractivity (Wildman–Crippen MR) is 198 cm³/mol. The van der Waals surface area contributed by atoms with Gasteiger partial charge in [-0.1, -0.05) is 133 Å². The van der Waals surface area contributed by atoms with Gasteiger partial charge in [-0.15, -0.1) is 0 Å². The van der Waals surface area contributed by atoms with Gasteiger partial charge in [0.05, 0.1) is 0 Å². The summed E-state index contributed by atoms with van der Waals surface area (Å²) in [5.74, 6) is 0. The fourth-order valence-electron chi connectivity index (χ4n) is 6.45. The summed E-state index contributed by atoms with van der Waals surface area (Å²) in [6.07, 6.45) is 0. The fourth-order valence-corrected chi connectivity index (χ4v) is 12.0. The Balaban J connectivity index is 1.76. The molecule has 6 aromatic rings. The lowest BCUT2D eigenvalue weighted by Gasteiger charge is -2.32. The molecule has 0 saturated carbocycles. The standard InChI is InChI=1S/C42H40P2/c1-29-27-31(3)39(41(33(29)5)43(35-19-11-7-12-20-35)36-21-13-8-14-22-36)40-32(4)28-30(2)34(6)42(40)44(37-23-15-9-16-24-37)38-25-17-10-18-26-38/h7-28H,1-6H3. The van der Waals surface area contributed by atoms with Crippen molar-refractivity contribution in [1.82, 2.24) is 0 Å². The van der Waals surface area contributed by atoms with Gasteiger partial charge in [-0.05, 0) is 134 Å². The van der Waals surface area contributed by atoms with Crippen molar-refractivity contribution in [2.24, 2.45) is 0 Å². The third-order valence-electron chi connectivity index (χ3n) is 8.78. The zero-order valence-electron chi connectivity index (χ0n) is 26.6. The zero-order valence-corrected chi connectivity index (χ0v) is 28.4. The smallest absolute Gasteiger partial charge is 0.00377 e. The van der Waals surface area contributed by atoms with E-state index in [-0.39, 0.29) is 0 Å². The maximum Gasteiger partial charge on any atom is -0.00377 e. The third-order valence-corrected chi connectivity index (χ3v) is 14.0. The van der Waals surface area contributed by atoms with Gasteiger partial charge in [0.1, 0.15) is 0 Å². The second kappa shape index (κ2) is 13.0. The van der Waals surface area contributed by atoms with Gasteiger partial charge in [-0.2, -0.15) is 0 Å². The van der Waals surface area contributed by atoms with Gasteiger partial charge < -0.3 is 0 Å². The van der Waals surface area contributed by atoms with Crippen molar-refractivity contribution in [1.29, 1.82) is 0 Å². The zero-order chi connectivity index (χ0) is 30.8. The van der Waals surface area contributed by atoms with Crippen LogP contribution in [0.3, 0.4) is 0 Å². The van der Waals surface area contributed by atoms with Gasteiger partial charge in [-0.3, -0.25) is 0 Å². The Hall–Kier alpha value is -3.82. The molecule has 0 unspecified atom stereocenters. The van der Waals surface area contributed by atoms with Crippen LogP contribution < -0.4 is 31.8 Å². The van der Waals surface area contributed by atoms with E-state index >= 15 is 0 Å². The highest BCUT2D eigenvalue weighted by Gasteiger charge is 2.30. The largest absolute Gasteiger partial charge is 0.0622 e. The second-order valence-electron chi connectivity index (χ2n) is 11.7. The van der Waals surface area contributed by atoms with Crippen molar-refractivity contribution in [3.05, 3.63) is 167 Å². The first kappa shape index (κ1) is 30.2. The van der Waals surface area contributed by atoms with E-state index in [9.17, 15) is 0 Å². The first-order chi connectivity index (χ1) is 21.4. The maximum absolute atomic E-state index is 2.42. The average Bonchev–Trinajstić information content (AvgIpc) is 3.05. The molecule has 6 rings (SSSR count). The van der Waals surface area contributed by atoms with Crippen LogP contribution in [0, 0.1) is 41.5 Å². The molecule has 0 aliphatic heterocycles. The molecule has 44 heavy (non-hydrogen) atoms. The number of benzene rings is 6. The molecule has 0 radical (unpaired) electrons. The second-order valence-corrected chi connectivity index (χ2v) is 16.0. The van der Waals surface area contributed by atoms with E-state index in [1.54, 1.807) is 0 Å². The van der Waals surface area contributed by atoms with E-state index in [2.05, 4.69) is 175 Å². The molecule has 2 heteroatoms. The molecule has 0 N–H and O–H groups in total. The van der Waals surface area contributed by atoms with E-state index in [1.807, 2.05) is 0 Å². The van der Waals surface area contributed by atoms with E-state index in [4.69, 9.17) is 0 Å². The lowest BCUT2D eigenvalue weighted by Crippen LogP contribution is -2.30. The monoisotopic (exact) mass is 606 g/mol. The van der Waals surface area contributed by atoms with E-state index < -0.39 is 15.8 Å². The Morgan fingerprint density at radius 3 is 0.818 bits per heavy atom. The molecule has 0 amide bonds. The summed E-state index contributed by atoms with van der Waals surface area (Å²) in [6, 6.07) is 49.6. The highest BCUT2D eigenvalue weighted by atomic mass is 31.1. The van der Waals surface area contributed by atoms with E-state index in [0.29, 0.717) is 0 Å². The van der Waals surface area contributed by atoms with E-state index in [0.717, 1.165) is 0 Å². The summed E-state index contributed by atoms with van der Waals surface area (Å²) in [6.45, 7) is 13.9. The molecule has 0 heterocycles. The molecule has 0 bridgehead atoms. The fraction of sp³-hybridized carbons (Fsp3) is 0.143. The summed E-state index contributed by atoms with van der Waals surface area (Å²) in [7, 11) is -1.61. The first-order valence-electron chi connectivity index (χ1n) is 15.4. The van der Waals surface area contributed by atoms with Crippen LogP contribution in [0.25, 0.3) is 11.1 Å². The van der Waals surface area contributed by atoms with Crippen LogP contribution in [0.2, 0.25) is 0 Å². The molecule has 0 atom stereocenters. The van der Waals surface area contributed by atoms with E-state index in [1.165, 1.54) is 76.3 Å². The lowest BCUT2D eigenvalue weighted by atomic mass is 9.90. The highest BCUT2D eigenvalue weighted by Crippen LogP contribution is 2.45. The molecular weight excluding hydrogens is 566 g/mol. The maximum atomic E-state index is 2.42. The van der Waals surface area contributed by atoms with Crippen molar-refractivity contribution in [3.63, 3.8) is 0 Å². The Morgan fingerprint density at radius 2 is 0.568 bits per heavy atom. The SMILES string of the molecule is Cc1cc(C)c(-c2c(C)cc(C)c(C)c2P(c2ccccc2)c2ccccc2)c(P(c2ccccc2)c2ccccc2)c1C. The van der Waals surface area contributed by atoms with Crippen molar-refractivity contribution >= 4 is 47.7 Å². The Morgan fingerprint density at radius 1 is 0.318 bits per heavy atom. The van der Waals surface area contributed by atoms with Crippen LogP contribution >= 0.6 is 15.8 Å². The summed E-state index contributed by atoms with van der Waals surface area (Å²) < 4.78 is 0. The minimum Gasteiger partial charge on any atom is -0.0622 e. The van der Waals surface area contributed by atoms with Crippen LogP contribution in [0.1, 0.15) is 33.4 Å². The Labute approximate surface area is 266 Å².